The molecule has 0 aliphatic heterocycles. The molecule has 274 valence electrons. The van der Waals surface area contributed by atoms with Crippen LogP contribution in [0.3, 0.4) is 0 Å². The van der Waals surface area contributed by atoms with Crippen LogP contribution in [0, 0.1) is 5.41 Å². The van der Waals surface area contributed by atoms with Gasteiger partial charge >= 0.3 is 0 Å². The average molecular weight is 724 g/mol. The third-order valence-electron chi connectivity index (χ3n) is 9.69. The van der Waals surface area contributed by atoms with Crippen molar-refractivity contribution in [2.75, 3.05) is 17.6 Å². The van der Waals surface area contributed by atoms with Crippen LogP contribution >= 0.6 is 0 Å². The summed E-state index contributed by atoms with van der Waals surface area (Å²) in [5.74, 6) is -1.60. The lowest BCUT2D eigenvalue weighted by Gasteiger charge is -2.28. The standard InChI is InChI=1S/C42H49N3O6S/c1-41(2,3)36-18-14-31(15-19-36)30-10-12-34(13-11-30)38(28-29-6-8-35(9-7-29)39(46)43-26-27-52(49,50)45-51-48)40(47)44-37-20-16-32(17-21-37)33-22-24-42(4,5)25-23-33/h6-22,38,45,48H,23-28H2,1-5H3,(H,43,46)(H,44,47)/t38-/m1/s1. The number of rotatable bonds is 13. The second kappa shape index (κ2) is 16.4. The summed E-state index contributed by atoms with van der Waals surface area (Å²) in [5.41, 5.74) is 9.12. The fraction of sp³-hybridized carbons (Fsp3) is 0.333. The number of anilines is 1. The Morgan fingerprint density at radius 3 is 2.00 bits per heavy atom. The molecule has 2 amide bonds. The minimum atomic E-state index is -3.90. The van der Waals surface area contributed by atoms with Crippen molar-refractivity contribution in [1.82, 2.24) is 10.2 Å². The molecule has 0 saturated heterocycles. The van der Waals surface area contributed by atoms with Gasteiger partial charge in [0.1, 0.15) is 0 Å². The van der Waals surface area contributed by atoms with E-state index >= 15 is 0 Å². The predicted molar refractivity (Wildman–Crippen MR) is 207 cm³/mol. The molecule has 10 heteroatoms. The van der Waals surface area contributed by atoms with E-state index < -0.39 is 27.6 Å². The van der Waals surface area contributed by atoms with Crippen molar-refractivity contribution < 1.29 is 28.3 Å². The van der Waals surface area contributed by atoms with Gasteiger partial charge < -0.3 is 10.6 Å². The van der Waals surface area contributed by atoms with Crippen LogP contribution in [0.4, 0.5) is 5.69 Å². The van der Waals surface area contributed by atoms with Crippen LogP contribution in [0.25, 0.3) is 16.7 Å². The van der Waals surface area contributed by atoms with E-state index in [1.807, 2.05) is 36.4 Å². The minimum Gasteiger partial charge on any atom is -0.351 e. The van der Waals surface area contributed by atoms with E-state index in [-0.39, 0.29) is 17.9 Å². The van der Waals surface area contributed by atoms with E-state index in [9.17, 15) is 18.0 Å². The van der Waals surface area contributed by atoms with E-state index in [2.05, 4.69) is 92.7 Å². The van der Waals surface area contributed by atoms with E-state index in [0.717, 1.165) is 47.2 Å². The quantitative estimate of drug-likeness (QED) is 0.0811. The zero-order chi connectivity index (χ0) is 37.5. The van der Waals surface area contributed by atoms with Crippen LogP contribution < -0.4 is 15.5 Å². The Balaban J connectivity index is 1.33. The van der Waals surface area contributed by atoms with Gasteiger partial charge in [0.25, 0.3) is 5.91 Å². The summed E-state index contributed by atoms with van der Waals surface area (Å²) in [6.07, 6.45) is 5.96. The smallest absolute Gasteiger partial charge is 0.251 e. The van der Waals surface area contributed by atoms with Gasteiger partial charge in [-0.15, -0.1) is 4.99 Å². The number of carbonyl (C=O) groups excluding carboxylic acids is 2. The molecule has 0 unspecified atom stereocenters. The first-order chi connectivity index (χ1) is 24.6. The second-order valence-corrected chi connectivity index (χ2v) is 17.1. The molecule has 0 heterocycles. The Kier molecular flexibility index (Phi) is 12.2. The van der Waals surface area contributed by atoms with E-state index in [1.54, 1.807) is 24.3 Å². The highest BCUT2D eigenvalue weighted by Crippen LogP contribution is 2.38. The molecule has 4 aromatic rings. The predicted octanol–water partition coefficient (Wildman–Crippen LogP) is 8.26. The number of carbonyl (C=O) groups is 2. The van der Waals surface area contributed by atoms with Gasteiger partial charge in [-0.3, -0.25) is 9.59 Å². The van der Waals surface area contributed by atoms with E-state index in [1.165, 1.54) is 21.6 Å². The first-order valence-corrected chi connectivity index (χ1v) is 19.3. The Hall–Kier alpha value is -4.61. The number of amides is 2. The number of sulfonamides is 1. The normalized spacial score (nSPS) is 15.0. The maximum Gasteiger partial charge on any atom is 0.251 e. The van der Waals surface area contributed by atoms with Gasteiger partial charge in [-0.1, -0.05) is 118 Å². The van der Waals surface area contributed by atoms with Crippen LogP contribution in [0.2, 0.25) is 0 Å². The molecule has 1 aliphatic carbocycles. The van der Waals surface area contributed by atoms with Gasteiger partial charge in [0, 0.05) is 17.8 Å². The molecule has 0 fully saturated rings. The van der Waals surface area contributed by atoms with Crippen molar-refractivity contribution in [3.8, 4) is 11.1 Å². The third-order valence-corrected chi connectivity index (χ3v) is 10.8. The maximum absolute atomic E-state index is 14.0. The summed E-state index contributed by atoms with van der Waals surface area (Å²) in [6.45, 7) is 11.0. The SMILES string of the molecule is CC1(C)CC=C(c2ccc(NC(=O)[C@H](Cc3ccc(C(=O)NCCS(=O)(=O)NOO)cc3)c3ccc(-c4ccc(C(C)(C)C)cc4)cc3)cc2)CC1. The van der Waals surface area contributed by atoms with Gasteiger partial charge in [0.05, 0.1) is 11.7 Å². The second-order valence-electron chi connectivity index (χ2n) is 15.3. The number of benzene rings is 4. The maximum atomic E-state index is 14.0. The minimum absolute atomic E-state index is 0.0625. The van der Waals surface area contributed by atoms with Crippen molar-refractivity contribution >= 4 is 33.1 Å². The van der Waals surface area contributed by atoms with E-state index in [4.69, 9.17) is 5.26 Å². The summed E-state index contributed by atoms with van der Waals surface area (Å²) >= 11 is 0. The van der Waals surface area contributed by atoms with Gasteiger partial charge in [-0.25, -0.2) is 13.7 Å². The lowest BCUT2D eigenvalue weighted by molar-refractivity contribution is -0.268. The molecule has 0 radical (unpaired) electrons. The molecule has 0 bridgehead atoms. The first kappa shape index (κ1) is 38.6. The molecule has 0 spiro atoms. The fourth-order valence-electron chi connectivity index (χ4n) is 6.30. The molecule has 4 aromatic carbocycles. The van der Waals surface area contributed by atoms with Gasteiger partial charge in [0.2, 0.25) is 15.9 Å². The van der Waals surface area contributed by atoms with Crippen molar-refractivity contribution in [1.29, 1.82) is 0 Å². The van der Waals surface area contributed by atoms with Crippen molar-refractivity contribution in [2.24, 2.45) is 5.41 Å². The molecular formula is C42H49N3O6S. The third kappa shape index (κ3) is 10.5. The van der Waals surface area contributed by atoms with Crippen molar-refractivity contribution in [3.63, 3.8) is 0 Å². The van der Waals surface area contributed by atoms with Gasteiger partial charge in [0.15, 0.2) is 0 Å². The Morgan fingerprint density at radius 1 is 0.846 bits per heavy atom. The molecular weight excluding hydrogens is 675 g/mol. The Morgan fingerprint density at radius 2 is 1.44 bits per heavy atom. The summed E-state index contributed by atoms with van der Waals surface area (Å²) in [4.78, 5) is 31.6. The monoisotopic (exact) mass is 723 g/mol. The summed E-state index contributed by atoms with van der Waals surface area (Å²) < 4.78 is 23.3. The summed E-state index contributed by atoms with van der Waals surface area (Å²) in [6, 6.07) is 31.6. The number of hydrogen-bond acceptors (Lipinski definition) is 6. The lowest BCUT2D eigenvalue weighted by Crippen LogP contribution is -2.34. The zero-order valence-electron chi connectivity index (χ0n) is 30.5. The number of hydrogen-bond donors (Lipinski definition) is 4. The average Bonchev–Trinajstić information content (AvgIpc) is 3.11. The molecule has 0 saturated carbocycles. The summed E-state index contributed by atoms with van der Waals surface area (Å²) in [5, 5.41) is 14.0. The van der Waals surface area contributed by atoms with Crippen molar-refractivity contribution in [2.45, 2.75) is 71.6 Å². The van der Waals surface area contributed by atoms with Crippen LogP contribution in [0.1, 0.15) is 92.4 Å². The molecule has 1 aliphatic rings. The highest BCUT2D eigenvalue weighted by atomic mass is 32.2. The molecule has 0 aromatic heterocycles. The number of nitrogens with one attached hydrogen (secondary N) is 3. The molecule has 9 nitrogen and oxygen atoms in total. The lowest BCUT2D eigenvalue weighted by atomic mass is 9.77. The van der Waals surface area contributed by atoms with Crippen LogP contribution in [0.15, 0.2) is 103 Å². The van der Waals surface area contributed by atoms with Crippen LogP contribution in [-0.4, -0.2) is 37.8 Å². The number of allylic oxidation sites excluding steroid dienone is 2. The molecule has 4 N–H and O–H groups in total. The Labute approximate surface area is 307 Å². The van der Waals surface area contributed by atoms with Crippen LogP contribution in [0.5, 0.6) is 0 Å². The first-order valence-electron chi connectivity index (χ1n) is 17.6. The fourth-order valence-corrected chi connectivity index (χ4v) is 6.86. The molecule has 5 rings (SSSR count). The van der Waals surface area contributed by atoms with E-state index in [0.29, 0.717) is 17.4 Å². The van der Waals surface area contributed by atoms with Gasteiger partial charge in [-0.05, 0) is 99.7 Å². The highest BCUT2D eigenvalue weighted by Gasteiger charge is 2.24. The molecule has 52 heavy (non-hydrogen) atoms. The highest BCUT2D eigenvalue weighted by molar-refractivity contribution is 7.89. The molecule has 1 atom stereocenters. The van der Waals surface area contributed by atoms with Gasteiger partial charge in [-0.2, -0.15) is 0 Å². The topological polar surface area (TPSA) is 134 Å². The zero-order valence-corrected chi connectivity index (χ0v) is 31.3. The van der Waals surface area contributed by atoms with Crippen molar-refractivity contribution in [3.05, 3.63) is 131 Å². The van der Waals surface area contributed by atoms with Crippen LogP contribution in [-0.2, 0) is 31.6 Å². The summed E-state index contributed by atoms with van der Waals surface area (Å²) in [7, 11) is -3.90. The Bertz CT molecular complexity index is 1980. The largest absolute Gasteiger partial charge is 0.351 e.